The topological polar surface area (TPSA) is 64.4 Å². The Bertz CT molecular complexity index is 441. The van der Waals surface area contributed by atoms with Crippen LogP contribution in [-0.4, -0.2) is 32.2 Å². The van der Waals surface area contributed by atoms with Gasteiger partial charge in [-0.25, -0.2) is 0 Å². The first-order valence-corrected chi connectivity index (χ1v) is 7.79. The number of nitrogens with one attached hydrogen (secondary N) is 1. The zero-order valence-corrected chi connectivity index (χ0v) is 12.8. The lowest BCUT2D eigenvalue weighted by atomic mass is 9.79. The van der Waals surface area contributed by atoms with Gasteiger partial charge in [0.1, 0.15) is 0 Å². The Morgan fingerprint density at radius 2 is 2.00 bits per heavy atom. The van der Waals surface area contributed by atoms with Crippen molar-refractivity contribution in [3.05, 3.63) is 35.9 Å². The maximum Gasteiger partial charge on any atom is 0.227 e. The molecule has 0 aliphatic carbocycles. The van der Waals surface area contributed by atoms with E-state index in [1.165, 1.54) is 5.56 Å². The Morgan fingerprint density at radius 3 is 2.62 bits per heavy atom. The lowest BCUT2D eigenvalue weighted by Gasteiger charge is -2.34. The summed E-state index contributed by atoms with van der Waals surface area (Å²) in [6, 6.07) is 10.4. The van der Waals surface area contributed by atoms with Gasteiger partial charge in [0.25, 0.3) is 0 Å². The molecule has 1 aliphatic heterocycles. The number of carbonyl (C=O) groups is 1. The number of nitrogens with two attached hydrogens (primary N) is 1. The van der Waals surface area contributed by atoms with Gasteiger partial charge in [-0.15, -0.1) is 0 Å². The molecular formula is C17H26N2O2. The monoisotopic (exact) mass is 290 g/mol. The Hall–Kier alpha value is -1.39. The van der Waals surface area contributed by atoms with Crippen LogP contribution in [0.25, 0.3) is 0 Å². The molecule has 1 atom stereocenters. The molecule has 1 aliphatic rings. The van der Waals surface area contributed by atoms with Crippen molar-refractivity contribution < 1.29 is 9.53 Å². The first-order chi connectivity index (χ1) is 10.2. The smallest absolute Gasteiger partial charge is 0.227 e. The van der Waals surface area contributed by atoms with E-state index >= 15 is 0 Å². The van der Waals surface area contributed by atoms with E-state index in [4.69, 9.17) is 10.5 Å². The van der Waals surface area contributed by atoms with Crippen LogP contribution in [0.5, 0.6) is 0 Å². The molecule has 1 saturated heterocycles. The molecule has 21 heavy (non-hydrogen) atoms. The van der Waals surface area contributed by atoms with Gasteiger partial charge in [-0.3, -0.25) is 4.79 Å². The number of rotatable bonds is 6. The highest BCUT2D eigenvalue weighted by molar-refractivity contribution is 5.83. The van der Waals surface area contributed by atoms with Gasteiger partial charge < -0.3 is 15.8 Å². The predicted molar refractivity (Wildman–Crippen MR) is 84.0 cm³/mol. The van der Waals surface area contributed by atoms with Crippen molar-refractivity contribution in [1.82, 2.24) is 5.32 Å². The van der Waals surface area contributed by atoms with Crippen LogP contribution in [0.2, 0.25) is 0 Å². The van der Waals surface area contributed by atoms with Crippen LogP contribution in [0.4, 0.5) is 0 Å². The summed E-state index contributed by atoms with van der Waals surface area (Å²) in [6.07, 6.45) is 2.39. The Labute approximate surface area is 127 Å². The highest BCUT2D eigenvalue weighted by Crippen LogP contribution is 2.29. The van der Waals surface area contributed by atoms with Gasteiger partial charge in [0.15, 0.2) is 0 Å². The molecule has 1 aromatic rings. The summed E-state index contributed by atoms with van der Waals surface area (Å²) >= 11 is 0. The fourth-order valence-electron chi connectivity index (χ4n) is 2.82. The average molecular weight is 290 g/mol. The van der Waals surface area contributed by atoms with Gasteiger partial charge in [0.05, 0.1) is 5.41 Å². The molecule has 0 radical (unpaired) electrons. The first-order valence-electron chi connectivity index (χ1n) is 7.79. The van der Waals surface area contributed by atoms with Crippen LogP contribution >= 0.6 is 0 Å². The third kappa shape index (κ3) is 4.05. The Morgan fingerprint density at radius 1 is 1.33 bits per heavy atom. The molecule has 1 unspecified atom stereocenters. The Kier molecular flexibility index (Phi) is 5.76. The fourth-order valence-corrected chi connectivity index (χ4v) is 2.82. The minimum absolute atomic E-state index is 0.0913. The lowest BCUT2D eigenvalue weighted by Crippen LogP contribution is -2.49. The van der Waals surface area contributed by atoms with Crippen molar-refractivity contribution in [3.8, 4) is 0 Å². The summed E-state index contributed by atoms with van der Waals surface area (Å²) in [5.41, 5.74) is 6.73. The van der Waals surface area contributed by atoms with E-state index in [0.717, 1.165) is 19.3 Å². The predicted octanol–water partition coefficient (Wildman–Crippen LogP) is 2.05. The second-order valence-electron chi connectivity index (χ2n) is 5.95. The van der Waals surface area contributed by atoms with Gasteiger partial charge >= 0.3 is 0 Å². The number of amides is 1. The zero-order valence-electron chi connectivity index (χ0n) is 12.8. The summed E-state index contributed by atoms with van der Waals surface area (Å²) < 4.78 is 5.34. The summed E-state index contributed by atoms with van der Waals surface area (Å²) in [4.78, 5) is 12.4. The van der Waals surface area contributed by atoms with Gasteiger partial charge in [0, 0.05) is 26.3 Å². The minimum Gasteiger partial charge on any atom is -0.381 e. The third-order valence-corrected chi connectivity index (χ3v) is 4.55. The van der Waals surface area contributed by atoms with Crippen LogP contribution in [0, 0.1) is 5.41 Å². The fraction of sp³-hybridized carbons (Fsp3) is 0.588. The quantitative estimate of drug-likeness (QED) is 0.843. The van der Waals surface area contributed by atoms with Gasteiger partial charge in [0.2, 0.25) is 5.91 Å². The van der Waals surface area contributed by atoms with Gasteiger partial charge in [-0.2, -0.15) is 0 Å². The van der Waals surface area contributed by atoms with Crippen LogP contribution in [0.15, 0.2) is 30.3 Å². The number of benzene rings is 1. The number of ether oxygens (including phenoxy) is 1. The summed E-state index contributed by atoms with van der Waals surface area (Å²) in [5, 5.41) is 3.07. The van der Waals surface area contributed by atoms with E-state index in [9.17, 15) is 4.79 Å². The van der Waals surface area contributed by atoms with E-state index in [1.807, 2.05) is 6.07 Å². The summed E-state index contributed by atoms with van der Waals surface area (Å²) in [6.45, 7) is 4.54. The van der Waals surface area contributed by atoms with E-state index < -0.39 is 5.41 Å². The highest BCUT2D eigenvalue weighted by atomic mass is 16.5. The number of hydrogen-bond acceptors (Lipinski definition) is 3. The van der Waals surface area contributed by atoms with Crippen LogP contribution in [0.3, 0.4) is 0 Å². The second-order valence-corrected chi connectivity index (χ2v) is 5.95. The van der Waals surface area contributed by atoms with Crippen LogP contribution in [0.1, 0.15) is 37.7 Å². The van der Waals surface area contributed by atoms with E-state index in [1.54, 1.807) is 0 Å². The van der Waals surface area contributed by atoms with Crippen molar-refractivity contribution >= 4 is 5.91 Å². The van der Waals surface area contributed by atoms with E-state index in [2.05, 4.69) is 36.5 Å². The van der Waals surface area contributed by atoms with Crippen LogP contribution < -0.4 is 11.1 Å². The number of carbonyl (C=O) groups excluding carboxylic acids is 1. The van der Waals surface area contributed by atoms with Crippen molar-refractivity contribution in [2.75, 3.05) is 26.3 Å². The number of hydrogen-bond donors (Lipinski definition) is 2. The molecule has 0 bridgehead atoms. The van der Waals surface area contributed by atoms with Crippen LogP contribution in [-0.2, 0) is 9.53 Å². The average Bonchev–Trinajstić information content (AvgIpc) is 2.56. The summed E-state index contributed by atoms with van der Waals surface area (Å²) in [7, 11) is 0. The zero-order chi connectivity index (χ0) is 15.1. The van der Waals surface area contributed by atoms with E-state index in [0.29, 0.717) is 32.2 Å². The first kappa shape index (κ1) is 16.0. The molecule has 4 heteroatoms. The van der Waals surface area contributed by atoms with Crippen molar-refractivity contribution in [3.63, 3.8) is 0 Å². The molecule has 1 fully saturated rings. The Balaban J connectivity index is 1.81. The molecule has 3 N–H and O–H groups in total. The molecule has 1 amide bonds. The largest absolute Gasteiger partial charge is 0.381 e. The minimum atomic E-state index is -0.422. The van der Waals surface area contributed by atoms with Gasteiger partial charge in [-0.1, -0.05) is 37.3 Å². The highest BCUT2D eigenvalue weighted by Gasteiger charge is 2.38. The maximum atomic E-state index is 12.4. The maximum absolute atomic E-state index is 12.4. The SMILES string of the molecule is CC(CCNC(=O)C1(CN)CCOCC1)c1ccccc1. The van der Waals surface area contributed by atoms with E-state index in [-0.39, 0.29) is 5.91 Å². The molecule has 116 valence electrons. The lowest BCUT2D eigenvalue weighted by molar-refractivity contribution is -0.135. The van der Waals surface area contributed by atoms with Crippen molar-refractivity contribution in [2.45, 2.75) is 32.1 Å². The second kappa shape index (κ2) is 7.57. The molecule has 2 rings (SSSR count). The standard InChI is InChI=1S/C17H26N2O2/c1-14(15-5-3-2-4-6-15)7-10-19-16(20)17(13-18)8-11-21-12-9-17/h2-6,14H,7-13,18H2,1H3,(H,19,20). The molecule has 1 heterocycles. The summed E-state index contributed by atoms with van der Waals surface area (Å²) in [5.74, 6) is 0.531. The third-order valence-electron chi connectivity index (χ3n) is 4.55. The molecular weight excluding hydrogens is 264 g/mol. The molecule has 0 spiro atoms. The van der Waals surface area contributed by atoms with Gasteiger partial charge in [-0.05, 0) is 30.7 Å². The normalized spacial score (nSPS) is 19.0. The molecule has 0 aromatic heterocycles. The molecule has 1 aromatic carbocycles. The van der Waals surface area contributed by atoms with Crippen molar-refractivity contribution in [1.29, 1.82) is 0 Å². The van der Waals surface area contributed by atoms with Crippen molar-refractivity contribution in [2.24, 2.45) is 11.1 Å². The molecule has 4 nitrogen and oxygen atoms in total. The molecule has 0 saturated carbocycles.